The van der Waals surface area contributed by atoms with E-state index in [9.17, 15) is 0 Å². The molecule has 0 fully saturated rings. The van der Waals surface area contributed by atoms with E-state index in [4.69, 9.17) is 0 Å². The summed E-state index contributed by atoms with van der Waals surface area (Å²) in [4.78, 5) is 7.41. The third-order valence-corrected chi connectivity index (χ3v) is 2.23. The van der Waals surface area contributed by atoms with Gasteiger partial charge in [0.2, 0.25) is 0 Å². The lowest BCUT2D eigenvalue weighted by Gasteiger charge is -1.96. The van der Waals surface area contributed by atoms with E-state index in [1.165, 1.54) is 0 Å². The average Bonchev–Trinajstić information content (AvgIpc) is 2.65. The number of aromatic amines is 1. The molecule has 0 unspecified atom stereocenters. The second-order valence-electron chi connectivity index (χ2n) is 3.02. The van der Waals surface area contributed by atoms with Gasteiger partial charge in [0, 0.05) is 17.0 Å². The third kappa shape index (κ3) is 0.855. The quantitative estimate of drug-likeness (QED) is 0.547. The Morgan fingerprint density at radius 3 is 3.08 bits per heavy atom. The predicted octanol–water partition coefficient (Wildman–Crippen LogP) is 2.52. The van der Waals surface area contributed by atoms with Crippen LogP contribution in [0.3, 0.4) is 0 Å². The van der Waals surface area contributed by atoms with Crippen LogP contribution in [0.25, 0.3) is 21.8 Å². The Labute approximate surface area is 75.2 Å². The fourth-order valence-corrected chi connectivity index (χ4v) is 1.60. The highest BCUT2D eigenvalue weighted by atomic mass is 14.7. The van der Waals surface area contributed by atoms with E-state index in [0.29, 0.717) is 0 Å². The number of hydrogen-bond donors (Lipinski definition) is 1. The molecule has 3 aromatic rings. The van der Waals surface area contributed by atoms with Crippen LogP contribution in [0.2, 0.25) is 0 Å². The summed E-state index contributed by atoms with van der Waals surface area (Å²) in [5.74, 6) is 0. The molecule has 0 aliphatic heterocycles. The molecule has 1 N–H and O–H groups in total. The molecule has 61 valence electrons. The number of nitrogens with one attached hydrogen (secondary N) is 1. The van der Waals surface area contributed by atoms with Gasteiger partial charge in [0.1, 0.15) is 0 Å². The Balaban J connectivity index is 2.65. The van der Waals surface area contributed by atoms with Crippen molar-refractivity contribution in [3.05, 3.63) is 42.7 Å². The van der Waals surface area contributed by atoms with E-state index in [-0.39, 0.29) is 0 Å². The standard InChI is InChI=1S/C11H7N2/c1-2-8-3-4-9-5-7-13-11(9)10(8)12-6-1/h1-6,13H. The topological polar surface area (TPSA) is 28.7 Å². The van der Waals surface area contributed by atoms with E-state index in [1.807, 2.05) is 18.3 Å². The van der Waals surface area contributed by atoms with Crippen LogP contribution in [0, 0.1) is 6.20 Å². The number of H-pyrrole nitrogens is 1. The third-order valence-electron chi connectivity index (χ3n) is 2.23. The smallest absolute Gasteiger partial charge is 0.0942 e. The van der Waals surface area contributed by atoms with Crippen LogP contribution in [0.5, 0.6) is 0 Å². The van der Waals surface area contributed by atoms with Crippen molar-refractivity contribution in [1.82, 2.24) is 9.97 Å². The number of pyridine rings is 1. The molecule has 13 heavy (non-hydrogen) atoms. The summed E-state index contributed by atoms with van der Waals surface area (Å²) < 4.78 is 0. The summed E-state index contributed by atoms with van der Waals surface area (Å²) in [5.41, 5.74) is 2.08. The fraction of sp³-hybridized carbons (Fsp3) is 0. The van der Waals surface area contributed by atoms with Crippen LogP contribution < -0.4 is 0 Å². The van der Waals surface area contributed by atoms with Crippen LogP contribution in [0.1, 0.15) is 0 Å². The van der Waals surface area contributed by atoms with Crippen molar-refractivity contribution in [3.8, 4) is 0 Å². The van der Waals surface area contributed by atoms with Crippen molar-refractivity contribution < 1.29 is 0 Å². The maximum atomic E-state index is 4.33. The number of nitrogens with zero attached hydrogens (tertiary/aromatic N) is 1. The molecule has 2 aromatic heterocycles. The molecule has 0 spiro atoms. The molecular weight excluding hydrogens is 160 g/mol. The molecule has 0 atom stereocenters. The molecule has 0 amide bonds. The molecule has 0 saturated carbocycles. The van der Waals surface area contributed by atoms with Gasteiger partial charge in [0.25, 0.3) is 0 Å². The molecule has 1 aromatic carbocycles. The Hall–Kier alpha value is -1.83. The molecule has 0 saturated heterocycles. The predicted molar refractivity (Wildman–Crippen MR) is 52.4 cm³/mol. The largest absolute Gasteiger partial charge is 0.352 e. The van der Waals surface area contributed by atoms with Gasteiger partial charge in [-0.25, -0.2) is 0 Å². The first-order valence-electron chi connectivity index (χ1n) is 4.18. The number of fused-ring (bicyclic) bond motifs is 3. The lowest BCUT2D eigenvalue weighted by atomic mass is 10.1. The van der Waals surface area contributed by atoms with Crippen LogP contribution in [-0.4, -0.2) is 9.97 Å². The van der Waals surface area contributed by atoms with Crippen LogP contribution >= 0.6 is 0 Å². The van der Waals surface area contributed by atoms with Crippen LogP contribution in [0.4, 0.5) is 0 Å². The van der Waals surface area contributed by atoms with E-state index in [0.717, 1.165) is 21.8 Å². The zero-order valence-electron chi connectivity index (χ0n) is 6.91. The summed E-state index contributed by atoms with van der Waals surface area (Å²) >= 11 is 0. The van der Waals surface area contributed by atoms with Gasteiger partial charge >= 0.3 is 0 Å². The lowest BCUT2D eigenvalue weighted by Crippen LogP contribution is -1.78. The second kappa shape index (κ2) is 2.33. The zero-order valence-corrected chi connectivity index (χ0v) is 6.91. The summed E-state index contributed by atoms with van der Waals surface area (Å²) in [6.45, 7) is 0. The van der Waals surface area contributed by atoms with Gasteiger partial charge in [-0.3, -0.25) is 4.98 Å². The monoisotopic (exact) mass is 167 g/mol. The maximum absolute atomic E-state index is 4.33. The summed E-state index contributed by atoms with van der Waals surface area (Å²) in [7, 11) is 0. The highest BCUT2D eigenvalue weighted by molar-refractivity contribution is 6.02. The normalized spacial score (nSPS) is 11.1. The number of benzene rings is 1. The first kappa shape index (κ1) is 6.66. The lowest BCUT2D eigenvalue weighted by molar-refractivity contribution is 1.40. The van der Waals surface area contributed by atoms with Crippen molar-refractivity contribution in [3.63, 3.8) is 0 Å². The second-order valence-corrected chi connectivity index (χ2v) is 3.02. The minimum absolute atomic E-state index is 1.02. The van der Waals surface area contributed by atoms with Crippen molar-refractivity contribution in [1.29, 1.82) is 0 Å². The van der Waals surface area contributed by atoms with Gasteiger partial charge in [-0.15, -0.1) is 0 Å². The summed E-state index contributed by atoms with van der Waals surface area (Å²) in [6, 6.07) is 10.1. The molecular formula is C11H7N2. The SMILES string of the molecule is [c]1cc2ccc3cccnc3c2[nH]1. The van der Waals surface area contributed by atoms with Gasteiger partial charge < -0.3 is 4.98 Å². The number of hydrogen-bond acceptors (Lipinski definition) is 1. The highest BCUT2D eigenvalue weighted by Crippen LogP contribution is 2.21. The van der Waals surface area contributed by atoms with E-state index in [1.54, 1.807) is 0 Å². The van der Waals surface area contributed by atoms with Gasteiger partial charge in [-0.1, -0.05) is 18.2 Å². The number of aromatic nitrogens is 2. The molecule has 3 rings (SSSR count). The van der Waals surface area contributed by atoms with Gasteiger partial charge in [0.15, 0.2) is 0 Å². The van der Waals surface area contributed by atoms with Gasteiger partial charge in [0.05, 0.1) is 17.2 Å². The Bertz CT molecular complexity index is 566. The minimum atomic E-state index is 1.02. The molecule has 0 bridgehead atoms. The van der Waals surface area contributed by atoms with Crippen molar-refractivity contribution in [2.24, 2.45) is 0 Å². The first-order valence-corrected chi connectivity index (χ1v) is 4.18. The van der Waals surface area contributed by atoms with Gasteiger partial charge in [-0.2, -0.15) is 0 Å². The van der Waals surface area contributed by atoms with Crippen molar-refractivity contribution in [2.45, 2.75) is 0 Å². The van der Waals surface area contributed by atoms with E-state index in [2.05, 4.69) is 34.4 Å². The van der Waals surface area contributed by atoms with Crippen LogP contribution in [0.15, 0.2) is 36.5 Å². The van der Waals surface area contributed by atoms with Crippen molar-refractivity contribution >= 4 is 21.8 Å². The van der Waals surface area contributed by atoms with Crippen molar-refractivity contribution in [2.75, 3.05) is 0 Å². The van der Waals surface area contributed by atoms with Crippen LogP contribution in [-0.2, 0) is 0 Å². The summed E-state index contributed by atoms with van der Waals surface area (Å²) in [5, 5.41) is 2.32. The Kier molecular flexibility index (Phi) is 1.19. The molecule has 0 aliphatic rings. The maximum Gasteiger partial charge on any atom is 0.0942 e. The fourth-order valence-electron chi connectivity index (χ4n) is 1.60. The van der Waals surface area contributed by atoms with E-state index < -0.39 is 0 Å². The number of rotatable bonds is 0. The minimum Gasteiger partial charge on any atom is -0.352 e. The zero-order chi connectivity index (χ0) is 8.67. The molecule has 2 heteroatoms. The molecule has 0 aliphatic carbocycles. The van der Waals surface area contributed by atoms with E-state index >= 15 is 0 Å². The Morgan fingerprint density at radius 1 is 1.15 bits per heavy atom. The molecule has 2 nitrogen and oxygen atoms in total. The molecule has 2 heterocycles. The summed E-state index contributed by atoms with van der Waals surface area (Å²) in [6.07, 6.45) is 4.77. The average molecular weight is 167 g/mol. The Morgan fingerprint density at radius 2 is 2.08 bits per heavy atom. The highest BCUT2D eigenvalue weighted by Gasteiger charge is 2.00. The van der Waals surface area contributed by atoms with Gasteiger partial charge in [-0.05, 0) is 12.1 Å². The molecule has 1 radical (unpaired) electrons. The first-order chi connectivity index (χ1) is 6.45.